The molecule has 1 atom stereocenters. The number of hydrogen-bond donors (Lipinski definition) is 0. The third kappa shape index (κ3) is 3.39. The Labute approximate surface area is 135 Å². The fraction of sp³-hybridized carbons (Fsp3) is 0.500. The maximum Gasteiger partial charge on any atom is 0.329 e. The van der Waals surface area contributed by atoms with Crippen LogP contribution in [0.5, 0.6) is 5.75 Å². The summed E-state index contributed by atoms with van der Waals surface area (Å²) in [4.78, 5) is 30.3. The molecule has 0 radical (unpaired) electrons. The van der Waals surface area contributed by atoms with Crippen LogP contribution in [0, 0.1) is 0 Å². The summed E-state index contributed by atoms with van der Waals surface area (Å²) in [5.74, 6) is 0.178. The van der Waals surface area contributed by atoms with Gasteiger partial charge in [0.2, 0.25) is 5.91 Å². The fourth-order valence-electron chi connectivity index (χ4n) is 2.63. The molecule has 7 nitrogen and oxygen atoms in total. The van der Waals surface area contributed by atoms with E-state index in [2.05, 4.69) is 0 Å². The number of methoxy groups -OCH3 is 2. The van der Waals surface area contributed by atoms with Crippen molar-refractivity contribution in [3.8, 4) is 5.75 Å². The first-order valence-electron chi connectivity index (χ1n) is 7.28. The van der Waals surface area contributed by atoms with Gasteiger partial charge in [-0.3, -0.25) is 9.59 Å². The number of hydrogen-bond acceptors (Lipinski definition) is 6. The van der Waals surface area contributed by atoms with Crippen LogP contribution in [0.1, 0.15) is 18.1 Å². The Kier molecular flexibility index (Phi) is 5.10. The Balaban J connectivity index is 2.46. The van der Waals surface area contributed by atoms with Gasteiger partial charge in [0.1, 0.15) is 5.75 Å². The maximum atomic E-state index is 12.1. The highest BCUT2D eigenvalue weighted by molar-refractivity contribution is 5.81. The van der Waals surface area contributed by atoms with Crippen LogP contribution in [-0.4, -0.2) is 51.3 Å². The number of amides is 1. The van der Waals surface area contributed by atoms with E-state index in [9.17, 15) is 9.59 Å². The predicted octanol–water partition coefficient (Wildman–Crippen LogP) is 1.14. The molecule has 1 unspecified atom stereocenters. The third-order valence-electron chi connectivity index (χ3n) is 3.79. The zero-order valence-electron chi connectivity index (χ0n) is 14.1. The highest BCUT2D eigenvalue weighted by atomic mass is 16.7. The Morgan fingerprint density at radius 1 is 1.30 bits per heavy atom. The van der Waals surface area contributed by atoms with Crippen molar-refractivity contribution in [3.63, 3.8) is 0 Å². The van der Waals surface area contributed by atoms with Crippen molar-refractivity contribution in [2.45, 2.75) is 26.0 Å². The Bertz CT molecular complexity index is 615. The lowest BCUT2D eigenvalue weighted by atomic mass is 10.00. The molecular weight excluding hydrogens is 300 g/mol. The molecule has 1 amide bonds. The highest BCUT2D eigenvalue weighted by Crippen LogP contribution is 2.39. The maximum absolute atomic E-state index is 12.1. The van der Waals surface area contributed by atoms with E-state index in [4.69, 9.17) is 14.3 Å². The quantitative estimate of drug-likeness (QED) is 0.810. The monoisotopic (exact) mass is 322 g/mol. The third-order valence-corrected chi connectivity index (χ3v) is 3.79. The van der Waals surface area contributed by atoms with Crippen LogP contribution in [0.4, 0.5) is 5.69 Å². The van der Waals surface area contributed by atoms with E-state index >= 15 is 0 Å². The van der Waals surface area contributed by atoms with Crippen molar-refractivity contribution in [1.29, 1.82) is 0 Å². The van der Waals surface area contributed by atoms with E-state index in [1.54, 1.807) is 40.4 Å². The molecule has 1 aromatic carbocycles. The number of fused-ring (bicyclic) bond motifs is 1. The molecule has 0 spiro atoms. The van der Waals surface area contributed by atoms with Crippen LogP contribution in [0.2, 0.25) is 0 Å². The molecule has 0 N–H and O–H groups in total. The van der Waals surface area contributed by atoms with Crippen LogP contribution < -0.4 is 9.80 Å². The van der Waals surface area contributed by atoms with Gasteiger partial charge in [-0.05, 0) is 17.7 Å². The molecule has 0 saturated carbocycles. The van der Waals surface area contributed by atoms with Crippen molar-refractivity contribution in [2.24, 2.45) is 0 Å². The van der Waals surface area contributed by atoms with Gasteiger partial charge in [-0.1, -0.05) is 0 Å². The zero-order valence-corrected chi connectivity index (χ0v) is 14.1. The minimum atomic E-state index is -0.429. The van der Waals surface area contributed by atoms with E-state index < -0.39 is 12.2 Å². The van der Waals surface area contributed by atoms with Gasteiger partial charge in [-0.2, -0.15) is 5.06 Å². The Hall–Kier alpha value is -2.28. The molecule has 1 aliphatic heterocycles. The summed E-state index contributed by atoms with van der Waals surface area (Å²) in [7, 11) is 6.54. The molecule has 1 heterocycles. The summed E-state index contributed by atoms with van der Waals surface area (Å²) >= 11 is 0. The van der Waals surface area contributed by atoms with Crippen molar-refractivity contribution in [1.82, 2.24) is 4.90 Å². The Morgan fingerprint density at radius 3 is 2.52 bits per heavy atom. The van der Waals surface area contributed by atoms with Gasteiger partial charge in [0.15, 0.2) is 6.23 Å². The SMILES string of the molecule is COc1ccc2c(c1CC(=O)N(C)C)CC(OC)N2OC(C)=O. The smallest absolute Gasteiger partial charge is 0.329 e. The minimum absolute atomic E-state index is 0.0309. The Morgan fingerprint density at radius 2 is 2.00 bits per heavy atom. The molecule has 1 aliphatic rings. The zero-order chi connectivity index (χ0) is 17.1. The molecule has 0 bridgehead atoms. The number of benzene rings is 1. The molecule has 0 fully saturated rings. The number of rotatable bonds is 5. The van der Waals surface area contributed by atoms with Crippen molar-refractivity contribution < 1.29 is 23.9 Å². The number of hydroxylamine groups is 1. The summed E-state index contributed by atoms with van der Waals surface area (Å²) in [5.41, 5.74) is 2.41. The summed E-state index contributed by atoms with van der Waals surface area (Å²) < 4.78 is 10.8. The average molecular weight is 322 g/mol. The summed E-state index contributed by atoms with van der Waals surface area (Å²) in [6, 6.07) is 3.57. The second-order valence-corrected chi connectivity index (χ2v) is 5.51. The van der Waals surface area contributed by atoms with E-state index in [0.29, 0.717) is 12.2 Å². The van der Waals surface area contributed by atoms with Crippen LogP contribution in [0.3, 0.4) is 0 Å². The second-order valence-electron chi connectivity index (χ2n) is 5.51. The molecule has 2 rings (SSSR count). The van der Waals surface area contributed by atoms with Crippen molar-refractivity contribution >= 4 is 17.6 Å². The first-order chi connectivity index (χ1) is 10.9. The second kappa shape index (κ2) is 6.87. The largest absolute Gasteiger partial charge is 0.496 e. The highest BCUT2D eigenvalue weighted by Gasteiger charge is 2.35. The number of nitrogens with zero attached hydrogens (tertiary/aromatic N) is 2. The molecule has 7 heteroatoms. The lowest BCUT2D eigenvalue weighted by molar-refractivity contribution is -0.146. The van der Waals surface area contributed by atoms with Crippen molar-refractivity contribution in [2.75, 3.05) is 33.4 Å². The lowest BCUT2D eigenvalue weighted by Gasteiger charge is -2.23. The van der Waals surface area contributed by atoms with Gasteiger partial charge >= 0.3 is 5.97 Å². The van der Waals surface area contributed by atoms with E-state index in [0.717, 1.165) is 16.8 Å². The fourth-order valence-corrected chi connectivity index (χ4v) is 2.63. The van der Waals surface area contributed by atoms with E-state index in [-0.39, 0.29) is 12.3 Å². The topological polar surface area (TPSA) is 68.3 Å². The molecule has 126 valence electrons. The normalized spacial score (nSPS) is 16.0. The summed E-state index contributed by atoms with van der Waals surface area (Å²) in [5, 5.41) is 1.45. The van der Waals surface area contributed by atoms with Gasteiger partial charge < -0.3 is 19.2 Å². The molecule has 0 aromatic heterocycles. The first-order valence-corrected chi connectivity index (χ1v) is 7.28. The summed E-state index contributed by atoms with van der Waals surface area (Å²) in [6.07, 6.45) is 0.296. The molecular formula is C16H22N2O5. The van der Waals surface area contributed by atoms with Gasteiger partial charge in [0.25, 0.3) is 0 Å². The van der Waals surface area contributed by atoms with E-state index in [1.807, 2.05) is 0 Å². The predicted molar refractivity (Wildman–Crippen MR) is 84.1 cm³/mol. The molecule has 23 heavy (non-hydrogen) atoms. The van der Waals surface area contributed by atoms with Gasteiger partial charge in [0.05, 0.1) is 19.2 Å². The number of carbonyl (C=O) groups is 2. The van der Waals surface area contributed by atoms with Crippen LogP contribution in [0.15, 0.2) is 12.1 Å². The number of anilines is 1. The minimum Gasteiger partial charge on any atom is -0.496 e. The average Bonchev–Trinajstić information content (AvgIpc) is 2.85. The molecule has 1 aromatic rings. The van der Waals surface area contributed by atoms with Gasteiger partial charge in [0, 0.05) is 40.1 Å². The first kappa shape index (κ1) is 17.1. The van der Waals surface area contributed by atoms with Crippen LogP contribution >= 0.6 is 0 Å². The number of carbonyl (C=O) groups excluding carboxylic acids is 2. The van der Waals surface area contributed by atoms with Gasteiger partial charge in [-0.15, -0.1) is 0 Å². The number of ether oxygens (including phenoxy) is 2. The van der Waals surface area contributed by atoms with E-state index in [1.165, 1.54) is 16.9 Å². The molecule has 0 aliphatic carbocycles. The van der Waals surface area contributed by atoms with Crippen LogP contribution in [-0.2, 0) is 32.0 Å². The molecule has 0 saturated heterocycles. The standard InChI is InChI=1S/C16H22N2O5/c1-10(19)23-18-13-6-7-14(21-4)12(8-15(20)17(2)3)11(13)9-16(18)22-5/h6-7,16H,8-9H2,1-5H3. The lowest BCUT2D eigenvalue weighted by Crippen LogP contribution is -2.34. The summed E-state index contributed by atoms with van der Waals surface area (Å²) in [6.45, 7) is 1.34. The van der Waals surface area contributed by atoms with Crippen LogP contribution in [0.25, 0.3) is 0 Å². The van der Waals surface area contributed by atoms with Crippen molar-refractivity contribution in [3.05, 3.63) is 23.3 Å². The van der Waals surface area contributed by atoms with Gasteiger partial charge in [-0.25, -0.2) is 0 Å². The number of likely N-dealkylation sites (N-methyl/N-ethyl adjacent to an activating group) is 1.